The van der Waals surface area contributed by atoms with E-state index in [-0.39, 0.29) is 5.82 Å². The second-order valence-corrected chi connectivity index (χ2v) is 5.58. The van der Waals surface area contributed by atoms with E-state index in [4.69, 9.17) is 11.6 Å². The van der Waals surface area contributed by atoms with Crippen LogP contribution in [0.2, 0.25) is 5.02 Å². The number of hydrogen-bond acceptors (Lipinski definition) is 2. The first-order chi connectivity index (χ1) is 10.0. The first-order valence-corrected chi connectivity index (χ1v) is 7.58. The van der Waals surface area contributed by atoms with Crippen LogP contribution in [0.3, 0.4) is 0 Å². The summed E-state index contributed by atoms with van der Waals surface area (Å²) in [5.74, 6) is -0.249. The summed E-state index contributed by atoms with van der Waals surface area (Å²) in [6, 6.07) is 4.62. The Balaban J connectivity index is 2.21. The minimum atomic E-state index is -0.249. The standard InChI is InChI=1S/C16H21ClFN3/c1-4-19-8-7-15-11(2)20-21(12(15)3)10-13-9-14(17)5-6-16(13)18/h5-6,9,19H,4,7-8,10H2,1-3H3. The molecule has 114 valence electrons. The Morgan fingerprint density at radius 1 is 1.33 bits per heavy atom. The Hall–Kier alpha value is -1.39. The number of benzene rings is 1. The molecule has 2 rings (SSSR count). The number of aromatic nitrogens is 2. The highest BCUT2D eigenvalue weighted by atomic mass is 35.5. The van der Waals surface area contributed by atoms with Gasteiger partial charge in [0.25, 0.3) is 0 Å². The van der Waals surface area contributed by atoms with Gasteiger partial charge in [-0.3, -0.25) is 4.68 Å². The van der Waals surface area contributed by atoms with E-state index < -0.39 is 0 Å². The molecule has 1 aromatic heterocycles. The van der Waals surface area contributed by atoms with Crippen molar-refractivity contribution >= 4 is 11.6 Å². The third-order valence-electron chi connectivity index (χ3n) is 3.66. The van der Waals surface area contributed by atoms with Crippen molar-refractivity contribution in [1.29, 1.82) is 0 Å². The summed E-state index contributed by atoms with van der Waals surface area (Å²) in [6.07, 6.45) is 0.934. The molecule has 5 heteroatoms. The molecule has 0 amide bonds. The molecule has 0 unspecified atom stereocenters. The summed E-state index contributed by atoms with van der Waals surface area (Å²) in [7, 11) is 0. The number of likely N-dealkylation sites (N-methyl/N-ethyl adjacent to an activating group) is 1. The zero-order chi connectivity index (χ0) is 15.4. The number of aryl methyl sites for hydroxylation is 1. The second-order valence-electron chi connectivity index (χ2n) is 5.15. The molecule has 21 heavy (non-hydrogen) atoms. The van der Waals surface area contributed by atoms with Crippen LogP contribution in [0.1, 0.15) is 29.4 Å². The van der Waals surface area contributed by atoms with Gasteiger partial charge < -0.3 is 5.32 Å². The second kappa shape index (κ2) is 7.05. The van der Waals surface area contributed by atoms with Crippen LogP contribution in [-0.4, -0.2) is 22.9 Å². The molecule has 1 N–H and O–H groups in total. The molecular weight excluding hydrogens is 289 g/mol. The molecule has 2 aromatic rings. The van der Waals surface area contributed by atoms with Crippen molar-refractivity contribution in [3.05, 3.63) is 51.6 Å². The number of hydrogen-bond donors (Lipinski definition) is 1. The smallest absolute Gasteiger partial charge is 0.128 e. The van der Waals surface area contributed by atoms with Gasteiger partial charge in [-0.15, -0.1) is 0 Å². The molecular formula is C16H21ClFN3. The SMILES string of the molecule is CCNCCc1c(C)nn(Cc2cc(Cl)ccc2F)c1C. The summed E-state index contributed by atoms with van der Waals surface area (Å²) in [6.45, 7) is 8.41. The number of halogens is 2. The highest BCUT2D eigenvalue weighted by Gasteiger charge is 2.13. The molecule has 1 aromatic carbocycles. The minimum absolute atomic E-state index is 0.249. The normalized spacial score (nSPS) is 11.1. The molecule has 0 aliphatic heterocycles. The van der Waals surface area contributed by atoms with Gasteiger partial charge in [0.1, 0.15) is 5.82 Å². The maximum Gasteiger partial charge on any atom is 0.128 e. The average molecular weight is 310 g/mol. The van der Waals surface area contributed by atoms with Gasteiger partial charge in [-0.25, -0.2) is 4.39 Å². The van der Waals surface area contributed by atoms with Crippen LogP contribution in [0.5, 0.6) is 0 Å². The van der Waals surface area contributed by atoms with Gasteiger partial charge in [0.15, 0.2) is 0 Å². The van der Waals surface area contributed by atoms with Gasteiger partial charge in [-0.1, -0.05) is 18.5 Å². The third kappa shape index (κ3) is 3.83. The van der Waals surface area contributed by atoms with Crippen molar-refractivity contribution in [2.24, 2.45) is 0 Å². The zero-order valence-electron chi connectivity index (χ0n) is 12.7. The van der Waals surface area contributed by atoms with Crippen molar-refractivity contribution in [1.82, 2.24) is 15.1 Å². The Morgan fingerprint density at radius 3 is 2.81 bits per heavy atom. The van der Waals surface area contributed by atoms with E-state index in [9.17, 15) is 4.39 Å². The van der Waals surface area contributed by atoms with Crippen molar-refractivity contribution in [2.45, 2.75) is 33.7 Å². The maximum atomic E-state index is 13.8. The highest BCUT2D eigenvalue weighted by Crippen LogP contribution is 2.19. The predicted molar refractivity (Wildman–Crippen MR) is 84.5 cm³/mol. The molecule has 0 saturated heterocycles. The molecule has 3 nitrogen and oxygen atoms in total. The van der Waals surface area contributed by atoms with E-state index >= 15 is 0 Å². The van der Waals surface area contributed by atoms with Crippen LogP contribution >= 0.6 is 11.6 Å². The largest absolute Gasteiger partial charge is 0.317 e. The maximum absolute atomic E-state index is 13.8. The quantitative estimate of drug-likeness (QED) is 0.828. The van der Waals surface area contributed by atoms with Gasteiger partial charge in [0, 0.05) is 16.3 Å². The highest BCUT2D eigenvalue weighted by molar-refractivity contribution is 6.30. The van der Waals surface area contributed by atoms with Crippen LogP contribution in [0.15, 0.2) is 18.2 Å². The Kier molecular flexibility index (Phi) is 5.37. The van der Waals surface area contributed by atoms with E-state index in [0.29, 0.717) is 17.1 Å². The topological polar surface area (TPSA) is 29.9 Å². The fourth-order valence-electron chi connectivity index (χ4n) is 2.47. The number of nitrogens with zero attached hydrogens (tertiary/aromatic N) is 2. The van der Waals surface area contributed by atoms with Gasteiger partial charge in [0.2, 0.25) is 0 Å². The van der Waals surface area contributed by atoms with Crippen molar-refractivity contribution in [3.8, 4) is 0 Å². The number of nitrogens with one attached hydrogen (secondary N) is 1. The lowest BCUT2D eigenvalue weighted by Gasteiger charge is -2.07. The number of rotatable bonds is 6. The Bertz CT molecular complexity index is 622. The first kappa shape index (κ1) is 16.0. The van der Waals surface area contributed by atoms with Crippen LogP contribution in [0.25, 0.3) is 0 Å². The lowest BCUT2D eigenvalue weighted by molar-refractivity contribution is 0.578. The van der Waals surface area contributed by atoms with E-state index in [1.54, 1.807) is 12.1 Å². The average Bonchev–Trinajstić information content (AvgIpc) is 2.70. The lowest BCUT2D eigenvalue weighted by atomic mass is 10.1. The molecule has 1 heterocycles. The Labute approximate surface area is 130 Å². The molecule has 0 fully saturated rings. The van der Waals surface area contributed by atoms with E-state index in [0.717, 1.165) is 30.9 Å². The summed E-state index contributed by atoms with van der Waals surface area (Å²) in [5, 5.41) is 8.39. The molecule has 0 aliphatic rings. The van der Waals surface area contributed by atoms with Crippen LogP contribution in [0.4, 0.5) is 4.39 Å². The van der Waals surface area contributed by atoms with Crippen molar-refractivity contribution in [2.75, 3.05) is 13.1 Å². The predicted octanol–water partition coefficient (Wildman–Crippen LogP) is 3.49. The van der Waals surface area contributed by atoms with Gasteiger partial charge in [-0.05, 0) is 57.1 Å². The van der Waals surface area contributed by atoms with E-state index in [2.05, 4.69) is 17.3 Å². The molecule has 0 atom stereocenters. The molecule has 0 aliphatic carbocycles. The molecule has 0 radical (unpaired) electrons. The Morgan fingerprint density at radius 2 is 2.10 bits per heavy atom. The van der Waals surface area contributed by atoms with Crippen LogP contribution in [-0.2, 0) is 13.0 Å². The van der Waals surface area contributed by atoms with Gasteiger partial charge in [-0.2, -0.15) is 5.10 Å². The summed E-state index contributed by atoms with van der Waals surface area (Å²) in [5.41, 5.74) is 3.89. The third-order valence-corrected chi connectivity index (χ3v) is 3.90. The zero-order valence-corrected chi connectivity index (χ0v) is 13.5. The van der Waals surface area contributed by atoms with E-state index in [1.807, 2.05) is 18.5 Å². The van der Waals surface area contributed by atoms with Gasteiger partial charge >= 0.3 is 0 Å². The summed E-state index contributed by atoms with van der Waals surface area (Å²) < 4.78 is 15.7. The minimum Gasteiger partial charge on any atom is -0.317 e. The molecule has 0 spiro atoms. The summed E-state index contributed by atoms with van der Waals surface area (Å²) >= 11 is 5.94. The van der Waals surface area contributed by atoms with E-state index in [1.165, 1.54) is 11.6 Å². The fourth-order valence-corrected chi connectivity index (χ4v) is 2.66. The molecule has 0 saturated carbocycles. The fraction of sp³-hybridized carbons (Fsp3) is 0.438. The van der Waals surface area contributed by atoms with Crippen molar-refractivity contribution < 1.29 is 4.39 Å². The van der Waals surface area contributed by atoms with Crippen LogP contribution < -0.4 is 5.32 Å². The summed E-state index contributed by atoms with van der Waals surface area (Å²) in [4.78, 5) is 0. The lowest BCUT2D eigenvalue weighted by Crippen LogP contribution is -2.16. The first-order valence-electron chi connectivity index (χ1n) is 7.20. The monoisotopic (exact) mass is 309 g/mol. The van der Waals surface area contributed by atoms with Crippen molar-refractivity contribution in [3.63, 3.8) is 0 Å². The van der Waals surface area contributed by atoms with Gasteiger partial charge in [0.05, 0.1) is 12.2 Å². The van der Waals surface area contributed by atoms with Crippen LogP contribution in [0, 0.1) is 19.7 Å². The molecule has 0 bridgehead atoms.